The predicted molar refractivity (Wildman–Crippen MR) is 74.0 cm³/mol. The minimum atomic E-state index is -0.276. The first-order valence-corrected chi connectivity index (χ1v) is 5.78. The van der Waals surface area contributed by atoms with Crippen LogP contribution in [0.2, 0.25) is 0 Å². The molecule has 0 saturated carbocycles. The third-order valence-electron chi connectivity index (χ3n) is 2.36. The number of rotatable bonds is 6. The molecule has 0 unspecified atom stereocenters. The second kappa shape index (κ2) is 6.80. The van der Waals surface area contributed by atoms with Gasteiger partial charge in [-0.3, -0.25) is 4.79 Å². The highest BCUT2D eigenvalue weighted by atomic mass is 32.1. The largest absolute Gasteiger partial charge is 0.497 e. The number of hydrogen-bond acceptors (Lipinski definition) is 5. The Hall–Kier alpha value is -1.82. The first-order chi connectivity index (χ1) is 8.58. The summed E-state index contributed by atoms with van der Waals surface area (Å²) in [5, 5.41) is 3.09. The molecule has 1 aromatic carbocycles. The topological polar surface area (TPSA) is 73.6 Å². The molecular weight excluding hydrogens is 252 g/mol. The van der Waals surface area contributed by atoms with E-state index in [1.165, 1.54) is 7.11 Å². The minimum absolute atomic E-state index is 0.268. The van der Waals surface area contributed by atoms with E-state index in [9.17, 15) is 4.79 Å². The molecule has 6 heteroatoms. The minimum Gasteiger partial charge on any atom is -0.497 e. The van der Waals surface area contributed by atoms with Gasteiger partial charge in [0.15, 0.2) is 0 Å². The van der Waals surface area contributed by atoms with E-state index in [0.29, 0.717) is 17.3 Å². The summed E-state index contributed by atoms with van der Waals surface area (Å²) in [6, 6.07) is 5.34. The first-order valence-electron chi connectivity index (χ1n) is 5.37. The third kappa shape index (κ3) is 3.89. The summed E-state index contributed by atoms with van der Waals surface area (Å²) < 4.78 is 9.68. The Morgan fingerprint density at radius 1 is 1.44 bits per heavy atom. The Bertz CT molecular complexity index is 449. The molecule has 1 aromatic rings. The molecule has 98 valence electrons. The smallest absolute Gasteiger partial charge is 0.307 e. The summed E-state index contributed by atoms with van der Waals surface area (Å²) in [4.78, 5) is 11.3. The molecule has 18 heavy (non-hydrogen) atoms. The van der Waals surface area contributed by atoms with Crippen LogP contribution in [0.3, 0.4) is 0 Å². The van der Waals surface area contributed by atoms with Crippen LogP contribution >= 0.6 is 12.2 Å². The zero-order valence-corrected chi connectivity index (χ0v) is 11.2. The summed E-state index contributed by atoms with van der Waals surface area (Å²) in [5.41, 5.74) is 7.08. The van der Waals surface area contributed by atoms with Crippen LogP contribution < -0.4 is 15.8 Å². The Kier molecular flexibility index (Phi) is 5.38. The van der Waals surface area contributed by atoms with Crippen LogP contribution in [-0.4, -0.2) is 31.7 Å². The monoisotopic (exact) mass is 268 g/mol. The molecular formula is C12H16N2O3S. The van der Waals surface area contributed by atoms with E-state index in [2.05, 4.69) is 10.1 Å². The second-order valence-electron chi connectivity index (χ2n) is 3.53. The van der Waals surface area contributed by atoms with Gasteiger partial charge in [-0.25, -0.2) is 0 Å². The molecule has 5 nitrogen and oxygen atoms in total. The van der Waals surface area contributed by atoms with Gasteiger partial charge in [-0.1, -0.05) is 12.2 Å². The van der Waals surface area contributed by atoms with Crippen LogP contribution in [0.15, 0.2) is 18.2 Å². The molecule has 0 atom stereocenters. The van der Waals surface area contributed by atoms with Gasteiger partial charge in [0.25, 0.3) is 0 Å². The summed E-state index contributed by atoms with van der Waals surface area (Å²) in [5.74, 6) is 0.415. The fourth-order valence-corrected chi connectivity index (χ4v) is 1.59. The Balaban J connectivity index is 2.78. The van der Waals surface area contributed by atoms with Crippen LogP contribution in [0.4, 0.5) is 5.69 Å². The van der Waals surface area contributed by atoms with Crippen molar-refractivity contribution < 1.29 is 14.3 Å². The van der Waals surface area contributed by atoms with Crippen LogP contribution in [0.25, 0.3) is 0 Å². The zero-order chi connectivity index (χ0) is 13.5. The molecule has 0 fully saturated rings. The summed E-state index contributed by atoms with van der Waals surface area (Å²) in [6.45, 7) is 0.440. The standard InChI is InChI=1S/C12H16N2O3S/c1-16-8-3-4-9(12(13)18)10(7-8)14-6-5-11(15)17-2/h3-4,7,14H,5-6H2,1-2H3,(H2,13,18). The lowest BCUT2D eigenvalue weighted by Gasteiger charge is -2.12. The van der Waals surface area contributed by atoms with Crippen LogP contribution in [0.1, 0.15) is 12.0 Å². The number of hydrogen-bond donors (Lipinski definition) is 2. The molecule has 0 aromatic heterocycles. The van der Waals surface area contributed by atoms with Crippen molar-refractivity contribution >= 4 is 28.9 Å². The van der Waals surface area contributed by atoms with Gasteiger partial charge >= 0.3 is 5.97 Å². The number of methoxy groups -OCH3 is 2. The van der Waals surface area contributed by atoms with Crippen molar-refractivity contribution in [2.45, 2.75) is 6.42 Å². The fourth-order valence-electron chi connectivity index (χ4n) is 1.41. The highest BCUT2D eigenvalue weighted by Crippen LogP contribution is 2.22. The van der Waals surface area contributed by atoms with Gasteiger partial charge in [0.05, 0.1) is 20.6 Å². The Morgan fingerprint density at radius 2 is 2.17 bits per heavy atom. The van der Waals surface area contributed by atoms with E-state index >= 15 is 0 Å². The van der Waals surface area contributed by atoms with E-state index in [1.54, 1.807) is 25.3 Å². The molecule has 0 radical (unpaired) electrons. The van der Waals surface area contributed by atoms with Gasteiger partial charge < -0.3 is 20.5 Å². The van der Waals surface area contributed by atoms with E-state index in [4.69, 9.17) is 22.7 Å². The number of esters is 1. The normalized spacial score (nSPS) is 9.67. The predicted octanol–water partition coefficient (Wildman–Crippen LogP) is 1.30. The number of anilines is 1. The van der Waals surface area contributed by atoms with Gasteiger partial charge in [-0.15, -0.1) is 0 Å². The van der Waals surface area contributed by atoms with Gasteiger partial charge in [0.1, 0.15) is 10.7 Å². The van der Waals surface area contributed by atoms with E-state index in [-0.39, 0.29) is 12.4 Å². The Labute approximate surface area is 111 Å². The van der Waals surface area contributed by atoms with Crippen LogP contribution in [0.5, 0.6) is 5.75 Å². The van der Waals surface area contributed by atoms with Gasteiger partial charge in [0.2, 0.25) is 0 Å². The number of benzene rings is 1. The molecule has 0 spiro atoms. The van der Waals surface area contributed by atoms with Crippen molar-refractivity contribution in [3.05, 3.63) is 23.8 Å². The quantitative estimate of drug-likeness (QED) is 0.598. The molecule has 0 bridgehead atoms. The maximum atomic E-state index is 11.0. The van der Waals surface area contributed by atoms with Gasteiger partial charge in [-0.2, -0.15) is 0 Å². The number of ether oxygens (including phenoxy) is 2. The second-order valence-corrected chi connectivity index (χ2v) is 3.97. The number of nitrogens with two attached hydrogens (primary N) is 1. The Morgan fingerprint density at radius 3 is 2.72 bits per heavy atom. The van der Waals surface area contributed by atoms with Gasteiger partial charge in [-0.05, 0) is 12.1 Å². The third-order valence-corrected chi connectivity index (χ3v) is 2.58. The van der Waals surface area contributed by atoms with E-state index in [1.807, 2.05) is 0 Å². The summed E-state index contributed by atoms with van der Waals surface area (Å²) >= 11 is 4.96. The molecule has 0 heterocycles. The van der Waals surface area contributed by atoms with E-state index < -0.39 is 0 Å². The lowest BCUT2D eigenvalue weighted by Crippen LogP contribution is -2.15. The summed E-state index contributed by atoms with van der Waals surface area (Å²) in [6.07, 6.45) is 0.268. The molecule has 0 aliphatic carbocycles. The molecule has 1 rings (SSSR count). The lowest BCUT2D eigenvalue weighted by molar-refractivity contribution is -0.140. The van der Waals surface area contributed by atoms with Crippen molar-refractivity contribution in [2.24, 2.45) is 5.73 Å². The molecule has 0 aliphatic heterocycles. The SMILES string of the molecule is COC(=O)CCNc1cc(OC)ccc1C(N)=S. The first kappa shape index (κ1) is 14.2. The maximum Gasteiger partial charge on any atom is 0.307 e. The van der Waals surface area contributed by atoms with Crippen molar-refractivity contribution in [3.8, 4) is 5.75 Å². The van der Waals surface area contributed by atoms with Crippen molar-refractivity contribution in [3.63, 3.8) is 0 Å². The fraction of sp³-hybridized carbons (Fsp3) is 0.333. The van der Waals surface area contributed by atoms with Crippen molar-refractivity contribution in [1.29, 1.82) is 0 Å². The molecule has 0 amide bonds. The zero-order valence-electron chi connectivity index (χ0n) is 10.4. The number of nitrogens with one attached hydrogen (secondary N) is 1. The van der Waals surface area contributed by atoms with Gasteiger partial charge in [0, 0.05) is 23.9 Å². The highest BCUT2D eigenvalue weighted by molar-refractivity contribution is 7.80. The van der Waals surface area contributed by atoms with E-state index in [0.717, 1.165) is 11.3 Å². The number of carbonyl (C=O) groups is 1. The maximum absolute atomic E-state index is 11.0. The average molecular weight is 268 g/mol. The summed E-state index contributed by atoms with van der Waals surface area (Å²) in [7, 11) is 2.93. The molecule has 0 saturated heterocycles. The number of carbonyl (C=O) groups excluding carboxylic acids is 1. The number of thiocarbonyl (C=S) groups is 1. The molecule has 0 aliphatic rings. The van der Waals surface area contributed by atoms with Crippen molar-refractivity contribution in [2.75, 3.05) is 26.1 Å². The highest BCUT2D eigenvalue weighted by Gasteiger charge is 2.07. The van der Waals surface area contributed by atoms with Crippen LogP contribution in [0, 0.1) is 0 Å². The van der Waals surface area contributed by atoms with Crippen molar-refractivity contribution in [1.82, 2.24) is 0 Å². The molecule has 3 N–H and O–H groups in total. The lowest BCUT2D eigenvalue weighted by atomic mass is 10.1. The van der Waals surface area contributed by atoms with Crippen LogP contribution in [-0.2, 0) is 9.53 Å². The average Bonchev–Trinajstić information content (AvgIpc) is 2.37.